The zero-order valence-corrected chi connectivity index (χ0v) is 12.5. The molecule has 0 unspecified atom stereocenters. The SMILES string of the molecule is O=CC1CCN(CC(=O)Nc2cc(Cl)ccc2Cl)CC1. The summed E-state index contributed by atoms with van der Waals surface area (Å²) in [5, 5.41) is 3.74. The fourth-order valence-electron chi connectivity index (χ4n) is 2.23. The topological polar surface area (TPSA) is 49.4 Å². The molecule has 1 fully saturated rings. The first-order chi connectivity index (χ1) is 9.58. The summed E-state index contributed by atoms with van der Waals surface area (Å²) >= 11 is 11.9. The van der Waals surface area contributed by atoms with E-state index in [0.717, 1.165) is 32.2 Å². The Morgan fingerprint density at radius 3 is 2.70 bits per heavy atom. The normalized spacial score (nSPS) is 16.9. The molecule has 0 bridgehead atoms. The number of piperidine rings is 1. The van der Waals surface area contributed by atoms with Gasteiger partial charge in [-0.1, -0.05) is 23.2 Å². The fraction of sp³-hybridized carbons (Fsp3) is 0.429. The lowest BCUT2D eigenvalue weighted by Gasteiger charge is -2.28. The van der Waals surface area contributed by atoms with Crippen molar-refractivity contribution >= 4 is 41.1 Å². The first kappa shape index (κ1) is 15.3. The van der Waals surface area contributed by atoms with Crippen molar-refractivity contribution < 1.29 is 9.59 Å². The fourth-order valence-corrected chi connectivity index (χ4v) is 2.57. The van der Waals surface area contributed by atoms with Gasteiger partial charge in [-0.05, 0) is 44.1 Å². The quantitative estimate of drug-likeness (QED) is 0.869. The lowest BCUT2D eigenvalue weighted by Crippen LogP contribution is -2.39. The molecular formula is C14H16Cl2N2O2. The Kier molecular flexibility index (Phi) is 5.40. The van der Waals surface area contributed by atoms with Gasteiger partial charge < -0.3 is 10.1 Å². The number of anilines is 1. The third-order valence-corrected chi connectivity index (χ3v) is 3.96. The Hall–Kier alpha value is -1.10. The number of carbonyl (C=O) groups is 2. The number of carbonyl (C=O) groups excluding carboxylic acids is 2. The zero-order chi connectivity index (χ0) is 14.5. The molecule has 0 aliphatic carbocycles. The van der Waals surface area contributed by atoms with Crippen LogP contribution >= 0.6 is 23.2 Å². The molecule has 1 N–H and O–H groups in total. The van der Waals surface area contributed by atoms with E-state index in [-0.39, 0.29) is 11.8 Å². The summed E-state index contributed by atoms with van der Waals surface area (Å²) in [5.41, 5.74) is 0.520. The second-order valence-electron chi connectivity index (χ2n) is 4.92. The van der Waals surface area contributed by atoms with Crippen LogP contribution in [0.4, 0.5) is 5.69 Å². The molecule has 1 aliphatic rings. The second kappa shape index (κ2) is 7.07. The number of benzene rings is 1. The third-order valence-electron chi connectivity index (χ3n) is 3.39. The number of hydrogen-bond acceptors (Lipinski definition) is 3. The van der Waals surface area contributed by atoms with Gasteiger partial charge in [0.1, 0.15) is 6.29 Å². The predicted molar refractivity (Wildman–Crippen MR) is 80.3 cm³/mol. The maximum Gasteiger partial charge on any atom is 0.238 e. The zero-order valence-electron chi connectivity index (χ0n) is 10.9. The molecule has 4 nitrogen and oxygen atoms in total. The molecule has 1 aromatic carbocycles. The van der Waals surface area contributed by atoms with E-state index in [9.17, 15) is 9.59 Å². The van der Waals surface area contributed by atoms with Crippen LogP contribution in [0.25, 0.3) is 0 Å². The summed E-state index contributed by atoms with van der Waals surface area (Å²) in [6, 6.07) is 4.94. The standard InChI is InChI=1S/C14H16Cl2N2O2/c15-11-1-2-12(16)13(7-11)17-14(20)8-18-5-3-10(9-19)4-6-18/h1-2,7,9-10H,3-6,8H2,(H,17,20). The molecule has 0 saturated carbocycles. The first-order valence-corrected chi connectivity index (χ1v) is 7.26. The molecule has 2 rings (SSSR count). The van der Waals surface area contributed by atoms with E-state index in [1.54, 1.807) is 18.2 Å². The van der Waals surface area contributed by atoms with Gasteiger partial charge in [-0.3, -0.25) is 9.69 Å². The second-order valence-corrected chi connectivity index (χ2v) is 5.77. The van der Waals surface area contributed by atoms with Gasteiger partial charge in [0.15, 0.2) is 0 Å². The molecule has 0 aromatic heterocycles. The molecule has 1 heterocycles. The van der Waals surface area contributed by atoms with Crippen molar-refractivity contribution in [2.24, 2.45) is 5.92 Å². The number of aldehydes is 1. The summed E-state index contributed by atoms with van der Waals surface area (Å²) in [4.78, 5) is 24.7. The van der Waals surface area contributed by atoms with Gasteiger partial charge >= 0.3 is 0 Å². The molecule has 6 heteroatoms. The smallest absolute Gasteiger partial charge is 0.238 e. The Morgan fingerprint density at radius 2 is 2.05 bits per heavy atom. The van der Waals surface area contributed by atoms with Crippen LogP contribution in [0.15, 0.2) is 18.2 Å². The van der Waals surface area contributed by atoms with Crippen LogP contribution in [-0.4, -0.2) is 36.7 Å². The lowest BCUT2D eigenvalue weighted by atomic mass is 9.99. The summed E-state index contributed by atoms with van der Waals surface area (Å²) in [7, 11) is 0. The monoisotopic (exact) mass is 314 g/mol. The molecule has 1 aliphatic heterocycles. The average molecular weight is 315 g/mol. The summed E-state index contributed by atoms with van der Waals surface area (Å²) < 4.78 is 0. The minimum absolute atomic E-state index is 0.126. The summed E-state index contributed by atoms with van der Waals surface area (Å²) in [6.07, 6.45) is 2.63. The maximum absolute atomic E-state index is 12.0. The third kappa shape index (κ3) is 4.20. The van der Waals surface area contributed by atoms with Crippen LogP contribution in [0.2, 0.25) is 10.0 Å². The van der Waals surface area contributed by atoms with E-state index < -0.39 is 0 Å². The van der Waals surface area contributed by atoms with E-state index in [2.05, 4.69) is 5.32 Å². The van der Waals surface area contributed by atoms with Crippen molar-refractivity contribution in [1.29, 1.82) is 0 Å². The highest BCUT2D eigenvalue weighted by atomic mass is 35.5. The number of nitrogens with one attached hydrogen (secondary N) is 1. The molecule has 0 spiro atoms. The van der Waals surface area contributed by atoms with Crippen LogP contribution in [-0.2, 0) is 9.59 Å². The molecule has 108 valence electrons. The number of hydrogen-bond donors (Lipinski definition) is 1. The van der Waals surface area contributed by atoms with E-state index >= 15 is 0 Å². The first-order valence-electron chi connectivity index (χ1n) is 6.51. The van der Waals surface area contributed by atoms with Crippen LogP contribution in [0.5, 0.6) is 0 Å². The van der Waals surface area contributed by atoms with E-state index in [1.807, 2.05) is 4.90 Å². The molecule has 1 amide bonds. The largest absolute Gasteiger partial charge is 0.324 e. The average Bonchev–Trinajstić information content (AvgIpc) is 2.43. The van der Waals surface area contributed by atoms with E-state index in [4.69, 9.17) is 23.2 Å². The van der Waals surface area contributed by atoms with Crippen molar-refractivity contribution in [2.45, 2.75) is 12.8 Å². The van der Waals surface area contributed by atoms with Crippen LogP contribution < -0.4 is 5.32 Å². The minimum Gasteiger partial charge on any atom is -0.324 e. The van der Waals surface area contributed by atoms with Gasteiger partial charge in [0.2, 0.25) is 5.91 Å². The number of halogens is 2. The van der Waals surface area contributed by atoms with E-state index in [1.165, 1.54) is 0 Å². The molecule has 20 heavy (non-hydrogen) atoms. The molecule has 0 atom stereocenters. The highest BCUT2D eigenvalue weighted by Crippen LogP contribution is 2.25. The number of nitrogens with zero attached hydrogens (tertiary/aromatic N) is 1. The van der Waals surface area contributed by atoms with Crippen molar-refractivity contribution in [2.75, 3.05) is 25.0 Å². The van der Waals surface area contributed by atoms with E-state index in [0.29, 0.717) is 22.3 Å². The number of rotatable bonds is 4. The van der Waals surface area contributed by atoms with Gasteiger partial charge in [-0.2, -0.15) is 0 Å². The van der Waals surface area contributed by atoms with Crippen molar-refractivity contribution in [3.8, 4) is 0 Å². The van der Waals surface area contributed by atoms with Crippen molar-refractivity contribution in [3.05, 3.63) is 28.2 Å². The van der Waals surface area contributed by atoms with Gasteiger partial charge in [-0.15, -0.1) is 0 Å². The van der Waals surface area contributed by atoms with Crippen LogP contribution in [0.3, 0.4) is 0 Å². The van der Waals surface area contributed by atoms with Crippen LogP contribution in [0.1, 0.15) is 12.8 Å². The van der Waals surface area contributed by atoms with Gasteiger partial charge in [0.05, 0.1) is 17.3 Å². The highest BCUT2D eigenvalue weighted by Gasteiger charge is 2.20. The predicted octanol–water partition coefficient (Wildman–Crippen LogP) is 2.84. The van der Waals surface area contributed by atoms with Crippen molar-refractivity contribution in [1.82, 2.24) is 4.90 Å². The molecule has 1 saturated heterocycles. The maximum atomic E-state index is 12.0. The Morgan fingerprint density at radius 1 is 1.35 bits per heavy atom. The van der Waals surface area contributed by atoms with Gasteiger partial charge in [0, 0.05) is 10.9 Å². The number of amides is 1. The molecular weight excluding hydrogens is 299 g/mol. The minimum atomic E-state index is -0.126. The summed E-state index contributed by atoms with van der Waals surface area (Å²) in [6.45, 7) is 1.83. The van der Waals surface area contributed by atoms with Crippen molar-refractivity contribution in [3.63, 3.8) is 0 Å². The Labute approximate surface area is 128 Å². The lowest BCUT2D eigenvalue weighted by molar-refractivity contribution is -0.117. The van der Waals surface area contributed by atoms with Gasteiger partial charge in [-0.25, -0.2) is 0 Å². The summed E-state index contributed by atoms with van der Waals surface area (Å²) in [5.74, 6) is 0.00963. The Balaban J connectivity index is 1.86. The number of likely N-dealkylation sites (tertiary alicyclic amines) is 1. The molecule has 0 radical (unpaired) electrons. The highest BCUT2D eigenvalue weighted by molar-refractivity contribution is 6.35. The van der Waals surface area contributed by atoms with Crippen LogP contribution in [0, 0.1) is 5.92 Å². The Bertz CT molecular complexity index is 500. The molecule has 1 aromatic rings. The van der Waals surface area contributed by atoms with Gasteiger partial charge in [0.25, 0.3) is 0 Å².